The standard InChI is InChI=1S/C24H41NO6.2C2H6/c1-9-10-17(26)20(13(2)3)23(28)21(14(4)5)18(12-24(7,8)29)31-19-11-16(25)22(27)15(6)30-19;2*1-2/h9-10,14-16,18-19,22,27-29H,11-12,25H2,1-8H3;2*1-2H3/b10-9-,23-21-;;. The van der Waals surface area contributed by atoms with Crippen molar-refractivity contribution in [3.8, 4) is 0 Å². The molecule has 35 heavy (non-hydrogen) atoms. The molecule has 1 saturated heterocycles. The fourth-order valence-electron chi connectivity index (χ4n) is 3.82. The smallest absolute Gasteiger partial charge is 0.189 e. The molecule has 7 heteroatoms. The van der Waals surface area contributed by atoms with Crippen molar-refractivity contribution < 1.29 is 29.6 Å². The molecule has 0 radical (unpaired) electrons. The third kappa shape index (κ3) is 11.8. The quantitative estimate of drug-likeness (QED) is 0.191. The zero-order chi connectivity index (χ0) is 28.1. The highest BCUT2D eigenvalue weighted by Gasteiger charge is 2.38. The van der Waals surface area contributed by atoms with Gasteiger partial charge in [0.15, 0.2) is 12.1 Å². The van der Waals surface area contributed by atoms with Gasteiger partial charge in [-0.15, -0.1) is 0 Å². The molecule has 0 aromatic carbocycles. The highest BCUT2D eigenvalue weighted by molar-refractivity contribution is 6.07. The second kappa shape index (κ2) is 17.0. The Balaban J connectivity index is 0. The van der Waals surface area contributed by atoms with Crippen molar-refractivity contribution in [3.63, 3.8) is 0 Å². The number of hydrogen-bond acceptors (Lipinski definition) is 7. The van der Waals surface area contributed by atoms with E-state index in [9.17, 15) is 20.1 Å². The molecule has 7 nitrogen and oxygen atoms in total. The predicted molar refractivity (Wildman–Crippen MR) is 144 cm³/mol. The highest BCUT2D eigenvalue weighted by Crippen LogP contribution is 2.33. The largest absolute Gasteiger partial charge is 0.507 e. The van der Waals surface area contributed by atoms with Crippen LogP contribution in [0, 0.1) is 5.92 Å². The number of rotatable bonds is 9. The third-order valence-electron chi connectivity index (χ3n) is 5.30. The number of ether oxygens (including phenoxy) is 2. The Labute approximate surface area is 214 Å². The first kappa shape index (κ1) is 35.7. The number of aliphatic hydroxyl groups excluding tert-OH is 2. The summed E-state index contributed by atoms with van der Waals surface area (Å²) in [5.74, 6) is -0.617. The molecule has 5 N–H and O–H groups in total. The Kier molecular flexibility index (Phi) is 17.4. The molecule has 1 heterocycles. The second-order valence-electron chi connectivity index (χ2n) is 9.50. The topological polar surface area (TPSA) is 122 Å². The lowest BCUT2D eigenvalue weighted by molar-refractivity contribution is -0.239. The van der Waals surface area contributed by atoms with Gasteiger partial charge in [0.25, 0.3) is 0 Å². The van der Waals surface area contributed by atoms with Crippen LogP contribution in [-0.4, -0.2) is 57.3 Å². The molecule has 1 fully saturated rings. The summed E-state index contributed by atoms with van der Waals surface area (Å²) in [4.78, 5) is 12.7. The van der Waals surface area contributed by atoms with Gasteiger partial charge < -0.3 is 30.5 Å². The summed E-state index contributed by atoms with van der Waals surface area (Å²) >= 11 is 0. The highest BCUT2D eigenvalue weighted by atomic mass is 16.7. The second-order valence-corrected chi connectivity index (χ2v) is 9.50. The molecule has 0 bridgehead atoms. The van der Waals surface area contributed by atoms with Gasteiger partial charge in [-0.1, -0.05) is 53.2 Å². The summed E-state index contributed by atoms with van der Waals surface area (Å²) in [6.45, 7) is 22.1. The van der Waals surface area contributed by atoms with Crippen LogP contribution < -0.4 is 5.73 Å². The van der Waals surface area contributed by atoms with Gasteiger partial charge in [-0.2, -0.15) is 0 Å². The Hall–Kier alpha value is -1.51. The normalized spacial score (nSPS) is 24.0. The van der Waals surface area contributed by atoms with Crippen molar-refractivity contribution in [1.82, 2.24) is 0 Å². The first-order chi connectivity index (χ1) is 16.2. The molecular formula is C28H53NO6. The summed E-state index contributed by atoms with van der Waals surface area (Å²) in [7, 11) is 0. The Morgan fingerprint density at radius 2 is 1.71 bits per heavy atom. The summed E-state index contributed by atoms with van der Waals surface area (Å²) in [5, 5.41) is 31.9. The minimum absolute atomic E-state index is 0.138. The zero-order valence-corrected chi connectivity index (χ0v) is 24.2. The van der Waals surface area contributed by atoms with E-state index >= 15 is 0 Å². The number of hydrogen-bond donors (Lipinski definition) is 4. The van der Waals surface area contributed by atoms with Crippen molar-refractivity contribution in [2.45, 2.75) is 132 Å². The number of carbonyl (C=O) groups excluding carboxylic acids is 1. The van der Waals surface area contributed by atoms with Crippen molar-refractivity contribution in [3.05, 3.63) is 34.6 Å². The molecule has 0 amide bonds. The molecule has 1 rings (SSSR count). The molecule has 0 aliphatic carbocycles. The Bertz CT molecular complexity index is 701. The number of aliphatic hydroxyl groups is 3. The number of carbonyl (C=O) groups is 1. The van der Waals surface area contributed by atoms with E-state index in [-0.39, 0.29) is 35.9 Å². The van der Waals surface area contributed by atoms with Gasteiger partial charge in [-0.25, -0.2) is 0 Å². The van der Waals surface area contributed by atoms with Gasteiger partial charge in [-0.3, -0.25) is 4.79 Å². The Morgan fingerprint density at radius 1 is 1.20 bits per heavy atom. The van der Waals surface area contributed by atoms with Gasteiger partial charge in [0.2, 0.25) is 0 Å². The molecular weight excluding hydrogens is 446 g/mol. The van der Waals surface area contributed by atoms with Crippen LogP contribution in [0.2, 0.25) is 0 Å². The lowest BCUT2D eigenvalue weighted by atomic mass is 9.86. The maximum Gasteiger partial charge on any atom is 0.189 e. The van der Waals surface area contributed by atoms with E-state index in [1.54, 1.807) is 47.6 Å². The molecule has 1 aliphatic heterocycles. The minimum Gasteiger partial charge on any atom is -0.507 e. The number of allylic oxidation sites excluding steroid dienone is 4. The van der Waals surface area contributed by atoms with Crippen molar-refractivity contribution >= 4 is 5.78 Å². The van der Waals surface area contributed by atoms with Crippen LogP contribution >= 0.6 is 0 Å². The molecule has 5 atom stereocenters. The van der Waals surface area contributed by atoms with Crippen molar-refractivity contribution in [1.29, 1.82) is 0 Å². The van der Waals surface area contributed by atoms with E-state index in [2.05, 4.69) is 0 Å². The third-order valence-corrected chi connectivity index (χ3v) is 5.30. The van der Waals surface area contributed by atoms with E-state index in [4.69, 9.17) is 15.2 Å². The van der Waals surface area contributed by atoms with Crippen LogP contribution in [0.1, 0.15) is 95.9 Å². The minimum atomic E-state index is -1.11. The van der Waals surface area contributed by atoms with Crippen LogP contribution in [-0.2, 0) is 14.3 Å². The van der Waals surface area contributed by atoms with E-state index in [1.807, 2.05) is 41.5 Å². The van der Waals surface area contributed by atoms with Gasteiger partial charge in [0.05, 0.1) is 29.5 Å². The van der Waals surface area contributed by atoms with Crippen LogP contribution in [0.4, 0.5) is 0 Å². The summed E-state index contributed by atoms with van der Waals surface area (Å²) in [6, 6.07) is -0.513. The van der Waals surface area contributed by atoms with Crippen LogP contribution in [0.25, 0.3) is 0 Å². The first-order valence-electron chi connectivity index (χ1n) is 12.9. The average molecular weight is 500 g/mol. The molecule has 0 aromatic heterocycles. The van der Waals surface area contributed by atoms with E-state index in [1.165, 1.54) is 6.08 Å². The van der Waals surface area contributed by atoms with Gasteiger partial charge >= 0.3 is 0 Å². The number of ketones is 1. The average Bonchev–Trinajstić information content (AvgIpc) is 2.73. The molecule has 5 unspecified atom stereocenters. The fraction of sp³-hybridized carbons (Fsp3) is 0.750. The summed E-state index contributed by atoms with van der Waals surface area (Å²) in [6.07, 6.45) is 0.725. The van der Waals surface area contributed by atoms with E-state index < -0.39 is 36.2 Å². The monoisotopic (exact) mass is 499 g/mol. The van der Waals surface area contributed by atoms with Crippen LogP contribution in [0.15, 0.2) is 34.6 Å². The molecule has 0 saturated carbocycles. The first-order valence-corrected chi connectivity index (χ1v) is 12.9. The fourth-order valence-corrected chi connectivity index (χ4v) is 3.82. The lowest BCUT2D eigenvalue weighted by Gasteiger charge is -2.39. The van der Waals surface area contributed by atoms with Crippen molar-refractivity contribution in [2.75, 3.05) is 0 Å². The van der Waals surface area contributed by atoms with Crippen LogP contribution in [0.5, 0.6) is 0 Å². The van der Waals surface area contributed by atoms with Crippen LogP contribution in [0.3, 0.4) is 0 Å². The maximum absolute atomic E-state index is 12.7. The van der Waals surface area contributed by atoms with E-state index in [0.29, 0.717) is 11.1 Å². The van der Waals surface area contributed by atoms with Gasteiger partial charge in [-0.05, 0) is 53.5 Å². The molecule has 1 aliphatic rings. The SMILES string of the molecule is C/C=C\C(=O)C(=C(C)C)/C(O)=C(\C(C)C)C(CC(C)(C)O)OC1CC(N)C(O)C(C)O1.CC.CC. The lowest BCUT2D eigenvalue weighted by Crippen LogP contribution is -2.52. The summed E-state index contributed by atoms with van der Waals surface area (Å²) in [5.41, 5.74) is 6.33. The summed E-state index contributed by atoms with van der Waals surface area (Å²) < 4.78 is 12.0. The van der Waals surface area contributed by atoms with E-state index in [0.717, 1.165) is 0 Å². The van der Waals surface area contributed by atoms with Crippen molar-refractivity contribution in [2.24, 2.45) is 11.7 Å². The molecule has 0 aromatic rings. The molecule has 206 valence electrons. The van der Waals surface area contributed by atoms with Gasteiger partial charge in [0.1, 0.15) is 5.76 Å². The zero-order valence-electron chi connectivity index (χ0n) is 24.2. The predicted octanol–water partition coefficient (Wildman–Crippen LogP) is 5.36. The number of nitrogens with two attached hydrogens (primary N) is 1. The molecule has 0 spiro atoms. The van der Waals surface area contributed by atoms with Gasteiger partial charge in [0, 0.05) is 24.5 Å². The Morgan fingerprint density at radius 3 is 2.09 bits per heavy atom. The maximum atomic E-state index is 12.7.